The number of hydrogen-bond donors (Lipinski definition) is 1. The van der Waals surface area contributed by atoms with E-state index >= 15 is 0 Å². The molecule has 2 aromatic rings. The van der Waals surface area contributed by atoms with E-state index in [1.807, 2.05) is 0 Å². The highest BCUT2D eigenvalue weighted by Gasteiger charge is 2.12. The van der Waals surface area contributed by atoms with E-state index in [1.165, 1.54) is 11.1 Å². The highest BCUT2D eigenvalue weighted by Crippen LogP contribution is 2.14. The third kappa shape index (κ3) is 3.68. The number of hydrogen-bond acceptors (Lipinski definition) is 3. The molecule has 19 heavy (non-hydrogen) atoms. The van der Waals surface area contributed by atoms with Gasteiger partial charge in [-0.15, -0.1) is 0 Å². The van der Waals surface area contributed by atoms with Gasteiger partial charge in [0.05, 0.1) is 5.69 Å². The minimum atomic E-state index is -0.899. The molecular formula is C15H17NO3. The number of rotatable bonds is 5. The Morgan fingerprint density at radius 3 is 2.53 bits per heavy atom. The SMILES string of the molecule is Cc1ccc(CCc2nc(C)c(CC(=O)O)o2)cc1. The average molecular weight is 259 g/mol. The van der Waals surface area contributed by atoms with Gasteiger partial charge in [-0.25, -0.2) is 4.98 Å². The van der Waals surface area contributed by atoms with Gasteiger partial charge in [-0.3, -0.25) is 4.79 Å². The normalized spacial score (nSPS) is 10.6. The maximum Gasteiger partial charge on any atom is 0.311 e. The number of carboxylic acid groups (broad SMARTS) is 1. The van der Waals surface area contributed by atoms with Crippen LogP contribution in [0.5, 0.6) is 0 Å². The molecule has 0 radical (unpaired) electrons. The Morgan fingerprint density at radius 1 is 1.21 bits per heavy atom. The second-order valence-corrected chi connectivity index (χ2v) is 4.67. The number of aliphatic carboxylic acids is 1. The first kappa shape index (κ1) is 13.3. The smallest absolute Gasteiger partial charge is 0.311 e. The van der Waals surface area contributed by atoms with Crippen molar-refractivity contribution in [3.63, 3.8) is 0 Å². The van der Waals surface area contributed by atoms with Crippen LogP contribution < -0.4 is 0 Å². The molecule has 1 heterocycles. The van der Waals surface area contributed by atoms with Gasteiger partial charge >= 0.3 is 5.97 Å². The molecule has 0 saturated carbocycles. The standard InChI is InChI=1S/C15H17NO3/c1-10-3-5-12(6-4-10)7-8-14-16-11(2)13(19-14)9-15(17)18/h3-6H,7-9H2,1-2H3,(H,17,18). The summed E-state index contributed by atoms with van der Waals surface area (Å²) >= 11 is 0. The van der Waals surface area contributed by atoms with E-state index in [9.17, 15) is 4.79 Å². The van der Waals surface area contributed by atoms with Crippen LogP contribution in [0.1, 0.15) is 28.5 Å². The highest BCUT2D eigenvalue weighted by atomic mass is 16.4. The Balaban J connectivity index is 1.99. The maximum atomic E-state index is 10.7. The van der Waals surface area contributed by atoms with E-state index in [4.69, 9.17) is 9.52 Å². The van der Waals surface area contributed by atoms with Crippen molar-refractivity contribution in [2.75, 3.05) is 0 Å². The van der Waals surface area contributed by atoms with Crippen molar-refractivity contribution in [3.8, 4) is 0 Å². The largest absolute Gasteiger partial charge is 0.481 e. The summed E-state index contributed by atoms with van der Waals surface area (Å²) in [6, 6.07) is 8.32. The molecule has 1 N–H and O–H groups in total. The van der Waals surface area contributed by atoms with Gasteiger partial charge in [-0.05, 0) is 25.8 Å². The van der Waals surface area contributed by atoms with Crippen LogP contribution in [0.4, 0.5) is 0 Å². The Labute approximate surface area is 112 Å². The van der Waals surface area contributed by atoms with Crippen LogP contribution in [0, 0.1) is 13.8 Å². The van der Waals surface area contributed by atoms with Crippen molar-refractivity contribution >= 4 is 5.97 Å². The van der Waals surface area contributed by atoms with Gasteiger partial charge in [-0.1, -0.05) is 29.8 Å². The van der Waals surface area contributed by atoms with Crippen molar-refractivity contribution in [3.05, 3.63) is 52.7 Å². The summed E-state index contributed by atoms with van der Waals surface area (Å²) in [6.45, 7) is 3.83. The van der Waals surface area contributed by atoms with E-state index in [-0.39, 0.29) is 6.42 Å². The molecule has 0 spiro atoms. The molecule has 1 aromatic heterocycles. The number of carbonyl (C=O) groups is 1. The van der Waals surface area contributed by atoms with Crippen molar-refractivity contribution in [2.45, 2.75) is 33.1 Å². The zero-order valence-corrected chi connectivity index (χ0v) is 11.1. The molecule has 100 valence electrons. The third-order valence-corrected chi connectivity index (χ3v) is 3.00. The molecule has 0 atom stereocenters. The van der Waals surface area contributed by atoms with Crippen LogP contribution in [-0.4, -0.2) is 16.1 Å². The fraction of sp³-hybridized carbons (Fsp3) is 0.333. The molecule has 0 aliphatic carbocycles. The fourth-order valence-electron chi connectivity index (χ4n) is 1.90. The summed E-state index contributed by atoms with van der Waals surface area (Å²) in [5, 5.41) is 8.75. The molecule has 4 nitrogen and oxygen atoms in total. The van der Waals surface area contributed by atoms with Gasteiger partial charge in [-0.2, -0.15) is 0 Å². The molecule has 1 aromatic carbocycles. The predicted molar refractivity (Wildman–Crippen MR) is 71.2 cm³/mol. The van der Waals surface area contributed by atoms with Crippen molar-refractivity contribution in [1.29, 1.82) is 0 Å². The van der Waals surface area contributed by atoms with E-state index < -0.39 is 5.97 Å². The molecule has 0 aliphatic rings. The molecule has 0 unspecified atom stereocenters. The summed E-state index contributed by atoms with van der Waals surface area (Å²) in [6.07, 6.45) is 1.42. The molecule has 0 amide bonds. The quantitative estimate of drug-likeness (QED) is 0.896. The zero-order valence-electron chi connectivity index (χ0n) is 11.1. The number of aryl methyl sites for hydroxylation is 4. The topological polar surface area (TPSA) is 63.3 Å². The lowest BCUT2D eigenvalue weighted by atomic mass is 10.1. The van der Waals surface area contributed by atoms with Crippen LogP contribution in [0.2, 0.25) is 0 Å². The average Bonchev–Trinajstić information content (AvgIpc) is 2.69. The number of oxazole rings is 1. The minimum absolute atomic E-state index is 0.108. The van der Waals surface area contributed by atoms with E-state index in [1.54, 1.807) is 6.92 Å². The number of aromatic nitrogens is 1. The number of carboxylic acids is 1. The summed E-state index contributed by atoms with van der Waals surface area (Å²) < 4.78 is 5.48. The van der Waals surface area contributed by atoms with E-state index in [0.717, 1.165) is 6.42 Å². The monoisotopic (exact) mass is 259 g/mol. The lowest BCUT2D eigenvalue weighted by molar-refractivity contribution is -0.136. The van der Waals surface area contributed by atoms with Crippen LogP contribution in [-0.2, 0) is 24.1 Å². The third-order valence-electron chi connectivity index (χ3n) is 3.00. The molecule has 2 rings (SSSR count). The summed E-state index contributed by atoms with van der Waals surface area (Å²) in [5.74, 6) is 0.157. The van der Waals surface area contributed by atoms with Gasteiger partial charge in [0.25, 0.3) is 0 Å². The van der Waals surface area contributed by atoms with E-state index in [0.29, 0.717) is 23.8 Å². The Kier molecular flexibility index (Phi) is 4.00. The van der Waals surface area contributed by atoms with Crippen LogP contribution in [0.15, 0.2) is 28.7 Å². The van der Waals surface area contributed by atoms with E-state index in [2.05, 4.69) is 36.2 Å². The summed E-state index contributed by atoms with van der Waals surface area (Å²) in [5.41, 5.74) is 3.13. The first-order valence-electron chi connectivity index (χ1n) is 6.27. The summed E-state index contributed by atoms with van der Waals surface area (Å²) in [4.78, 5) is 14.9. The number of benzene rings is 1. The Hall–Kier alpha value is -2.10. The maximum absolute atomic E-state index is 10.7. The zero-order chi connectivity index (χ0) is 13.8. The van der Waals surface area contributed by atoms with Gasteiger partial charge in [0.15, 0.2) is 5.89 Å². The van der Waals surface area contributed by atoms with Crippen LogP contribution in [0.3, 0.4) is 0 Å². The molecule has 0 bridgehead atoms. The Morgan fingerprint density at radius 2 is 1.89 bits per heavy atom. The van der Waals surface area contributed by atoms with Crippen molar-refractivity contribution in [2.24, 2.45) is 0 Å². The van der Waals surface area contributed by atoms with Gasteiger partial charge in [0.2, 0.25) is 0 Å². The lowest BCUT2D eigenvalue weighted by Crippen LogP contribution is -1.99. The van der Waals surface area contributed by atoms with Crippen molar-refractivity contribution < 1.29 is 14.3 Å². The van der Waals surface area contributed by atoms with Crippen molar-refractivity contribution in [1.82, 2.24) is 4.98 Å². The van der Waals surface area contributed by atoms with Crippen LogP contribution >= 0.6 is 0 Å². The molecular weight excluding hydrogens is 242 g/mol. The summed E-state index contributed by atoms with van der Waals surface area (Å²) in [7, 11) is 0. The second-order valence-electron chi connectivity index (χ2n) is 4.67. The molecule has 0 saturated heterocycles. The number of nitrogens with zero attached hydrogens (tertiary/aromatic N) is 1. The van der Waals surface area contributed by atoms with Gasteiger partial charge in [0.1, 0.15) is 12.2 Å². The molecule has 4 heteroatoms. The lowest BCUT2D eigenvalue weighted by Gasteiger charge is -1.99. The predicted octanol–water partition coefficient (Wildman–Crippen LogP) is 2.70. The van der Waals surface area contributed by atoms with Gasteiger partial charge in [0, 0.05) is 6.42 Å². The van der Waals surface area contributed by atoms with Crippen LogP contribution in [0.25, 0.3) is 0 Å². The van der Waals surface area contributed by atoms with Gasteiger partial charge < -0.3 is 9.52 Å². The fourth-order valence-corrected chi connectivity index (χ4v) is 1.90. The molecule has 0 fully saturated rings. The molecule has 0 aliphatic heterocycles. The first-order valence-corrected chi connectivity index (χ1v) is 6.27. The second kappa shape index (κ2) is 5.69. The Bertz CT molecular complexity index is 570. The first-order chi connectivity index (χ1) is 9.04. The highest BCUT2D eigenvalue weighted by molar-refractivity contribution is 5.69. The minimum Gasteiger partial charge on any atom is -0.481 e.